The van der Waals surface area contributed by atoms with Crippen LogP contribution in [0.4, 0.5) is 5.69 Å². The first-order chi connectivity index (χ1) is 16.5. The molecule has 0 saturated carbocycles. The lowest BCUT2D eigenvalue weighted by molar-refractivity contribution is -0.119. The van der Waals surface area contributed by atoms with Gasteiger partial charge in [-0.05, 0) is 71.2 Å². The summed E-state index contributed by atoms with van der Waals surface area (Å²) in [6.07, 6.45) is 1.89. The topological polar surface area (TPSA) is 62.4 Å². The molecule has 180 valence electrons. The number of nitrogens with one attached hydrogen (secondary N) is 1. The van der Waals surface area contributed by atoms with Crippen LogP contribution in [0.3, 0.4) is 0 Å². The Labute approximate surface area is 206 Å². The number of amides is 1. The molecule has 5 nitrogen and oxygen atoms in total. The van der Waals surface area contributed by atoms with E-state index in [2.05, 4.69) is 50.9 Å². The number of nitrogens with zero attached hydrogens (tertiary/aromatic N) is 1. The van der Waals surface area contributed by atoms with E-state index in [0.717, 1.165) is 39.2 Å². The molecular weight excluding hydrogens is 436 g/mol. The van der Waals surface area contributed by atoms with E-state index >= 15 is 0 Å². The third-order valence-electron chi connectivity index (χ3n) is 6.98. The lowest BCUT2D eigenvalue weighted by Gasteiger charge is -2.39. The van der Waals surface area contributed by atoms with Gasteiger partial charge in [-0.1, -0.05) is 48.0 Å². The van der Waals surface area contributed by atoms with Gasteiger partial charge in [0.05, 0.1) is 34.5 Å². The van der Waals surface area contributed by atoms with Crippen LogP contribution in [0.15, 0.2) is 48.5 Å². The van der Waals surface area contributed by atoms with Crippen molar-refractivity contribution < 1.29 is 14.3 Å². The van der Waals surface area contributed by atoms with Gasteiger partial charge in [0.1, 0.15) is 0 Å². The number of esters is 1. The van der Waals surface area contributed by atoms with Gasteiger partial charge in [0.15, 0.2) is 0 Å². The third kappa shape index (κ3) is 3.53. The molecule has 2 aliphatic rings. The van der Waals surface area contributed by atoms with Gasteiger partial charge in [-0.25, -0.2) is 4.79 Å². The molecule has 0 aliphatic carbocycles. The van der Waals surface area contributed by atoms with Gasteiger partial charge in [0.25, 0.3) is 0 Å². The van der Waals surface area contributed by atoms with Gasteiger partial charge in [0, 0.05) is 16.8 Å². The Bertz CT molecular complexity index is 1390. The predicted octanol–water partition coefficient (Wildman–Crippen LogP) is 6.54. The SMILES string of the molecule is CC1=CC(C)(C)N2C(=O)C(c3c(-c4ccccc4)[nH]c(C)c3C(=O)OC(C)C)c3cc(C)cc1c32. The number of benzene rings is 2. The summed E-state index contributed by atoms with van der Waals surface area (Å²) in [5.41, 5.74) is 8.31. The molecule has 1 unspecified atom stereocenters. The number of anilines is 1. The number of H-pyrrole nitrogens is 1. The van der Waals surface area contributed by atoms with Crippen LogP contribution in [0, 0.1) is 13.8 Å². The Balaban J connectivity index is 1.83. The fourth-order valence-electron chi connectivity index (χ4n) is 5.77. The highest BCUT2D eigenvalue weighted by Gasteiger charge is 2.49. The Morgan fingerprint density at radius 1 is 1.09 bits per heavy atom. The van der Waals surface area contributed by atoms with Crippen molar-refractivity contribution in [1.29, 1.82) is 0 Å². The van der Waals surface area contributed by atoms with E-state index in [1.807, 2.05) is 56.0 Å². The van der Waals surface area contributed by atoms with Crippen LogP contribution in [-0.4, -0.2) is 28.5 Å². The van der Waals surface area contributed by atoms with E-state index in [4.69, 9.17) is 4.74 Å². The number of carbonyl (C=O) groups excluding carboxylic acids is 2. The predicted molar refractivity (Wildman–Crippen MR) is 140 cm³/mol. The highest BCUT2D eigenvalue weighted by molar-refractivity contribution is 6.14. The van der Waals surface area contributed by atoms with Crippen molar-refractivity contribution in [3.63, 3.8) is 0 Å². The quantitative estimate of drug-likeness (QED) is 0.442. The average molecular weight is 469 g/mol. The number of ether oxygens (including phenoxy) is 1. The molecule has 2 aromatic carbocycles. The van der Waals surface area contributed by atoms with Gasteiger partial charge in [0.2, 0.25) is 5.91 Å². The monoisotopic (exact) mass is 468 g/mol. The molecule has 1 N–H and O–H groups in total. The van der Waals surface area contributed by atoms with Gasteiger partial charge < -0.3 is 14.6 Å². The molecule has 5 heteroatoms. The van der Waals surface area contributed by atoms with E-state index < -0.39 is 17.4 Å². The molecule has 1 amide bonds. The number of aromatic nitrogens is 1. The summed E-state index contributed by atoms with van der Waals surface area (Å²) in [6, 6.07) is 14.1. The standard InChI is InChI=1S/C30H32N2O3/c1-16(2)35-29(34)23-19(5)31-26(20-11-9-8-10-12-20)25(23)24-22-14-17(3)13-21-18(4)15-30(6,7)32(27(21)22)28(24)33/h8-16,24,31H,1-7H3. The van der Waals surface area contributed by atoms with Gasteiger partial charge in [-0.2, -0.15) is 0 Å². The van der Waals surface area contributed by atoms with Crippen molar-refractivity contribution in [1.82, 2.24) is 4.98 Å². The highest BCUT2D eigenvalue weighted by Crippen LogP contribution is 2.53. The van der Waals surface area contributed by atoms with Crippen molar-refractivity contribution >= 4 is 23.1 Å². The molecule has 0 radical (unpaired) electrons. The first kappa shape index (κ1) is 23.2. The maximum Gasteiger partial charge on any atom is 0.340 e. The van der Waals surface area contributed by atoms with Gasteiger partial charge >= 0.3 is 5.97 Å². The Kier molecular flexibility index (Phi) is 5.28. The first-order valence-corrected chi connectivity index (χ1v) is 12.2. The molecule has 0 bridgehead atoms. The normalized spacial score (nSPS) is 18.1. The fraction of sp³-hybridized carbons (Fsp3) is 0.333. The van der Waals surface area contributed by atoms with Crippen LogP contribution in [0.1, 0.15) is 78.8 Å². The van der Waals surface area contributed by atoms with Crippen molar-refractivity contribution in [2.45, 2.75) is 66.0 Å². The average Bonchev–Trinajstić information content (AvgIpc) is 3.25. The summed E-state index contributed by atoms with van der Waals surface area (Å²) < 4.78 is 5.67. The van der Waals surface area contributed by atoms with Gasteiger partial charge in [-0.3, -0.25) is 4.79 Å². The zero-order valence-electron chi connectivity index (χ0n) is 21.4. The van der Waals surface area contributed by atoms with E-state index in [1.54, 1.807) is 0 Å². The summed E-state index contributed by atoms with van der Waals surface area (Å²) in [6.45, 7) is 13.8. The second-order valence-electron chi connectivity index (χ2n) is 10.6. The van der Waals surface area contributed by atoms with Crippen LogP contribution in [0.2, 0.25) is 0 Å². The van der Waals surface area contributed by atoms with E-state index in [1.165, 1.54) is 0 Å². The van der Waals surface area contributed by atoms with Crippen molar-refractivity contribution in [3.05, 3.63) is 82.1 Å². The Morgan fingerprint density at radius 3 is 2.43 bits per heavy atom. The van der Waals surface area contributed by atoms with Gasteiger partial charge in [-0.15, -0.1) is 0 Å². The zero-order chi connectivity index (χ0) is 25.2. The minimum absolute atomic E-state index is 0.0182. The summed E-state index contributed by atoms with van der Waals surface area (Å²) in [7, 11) is 0. The summed E-state index contributed by atoms with van der Waals surface area (Å²) in [5, 5.41) is 0. The smallest absolute Gasteiger partial charge is 0.340 e. The van der Waals surface area contributed by atoms with Crippen molar-refractivity contribution in [3.8, 4) is 11.3 Å². The molecule has 3 aromatic rings. The van der Waals surface area contributed by atoms with Crippen LogP contribution < -0.4 is 4.90 Å². The summed E-state index contributed by atoms with van der Waals surface area (Å²) in [4.78, 5) is 33.1. The highest BCUT2D eigenvalue weighted by atomic mass is 16.5. The molecule has 1 atom stereocenters. The molecule has 0 saturated heterocycles. The molecule has 0 spiro atoms. The molecule has 1 aromatic heterocycles. The fourth-order valence-corrected chi connectivity index (χ4v) is 5.77. The number of allylic oxidation sites excluding steroid dienone is 1. The molecule has 5 rings (SSSR count). The number of hydrogen-bond acceptors (Lipinski definition) is 3. The maximum atomic E-state index is 14.3. The lowest BCUT2D eigenvalue weighted by Crippen LogP contribution is -2.47. The number of rotatable bonds is 4. The summed E-state index contributed by atoms with van der Waals surface area (Å²) >= 11 is 0. The molecule has 3 heterocycles. The molecular formula is C30H32N2O3. The molecule has 0 fully saturated rings. The number of hydrogen-bond donors (Lipinski definition) is 1. The van der Waals surface area contributed by atoms with Crippen LogP contribution in [0.25, 0.3) is 16.8 Å². The minimum Gasteiger partial charge on any atom is -0.459 e. The van der Waals surface area contributed by atoms with Crippen LogP contribution in [-0.2, 0) is 9.53 Å². The summed E-state index contributed by atoms with van der Waals surface area (Å²) in [5.74, 6) is -1.04. The van der Waals surface area contributed by atoms with Crippen LogP contribution in [0.5, 0.6) is 0 Å². The third-order valence-corrected chi connectivity index (χ3v) is 6.98. The van der Waals surface area contributed by atoms with E-state index in [-0.39, 0.29) is 12.0 Å². The minimum atomic E-state index is -0.614. The lowest BCUT2D eigenvalue weighted by atomic mass is 9.85. The second kappa shape index (κ2) is 7.98. The van der Waals surface area contributed by atoms with E-state index in [0.29, 0.717) is 16.8 Å². The van der Waals surface area contributed by atoms with E-state index in [9.17, 15) is 9.59 Å². The second-order valence-corrected chi connectivity index (χ2v) is 10.6. The van der Waals surface area contributed by atoms with Crippen LogP contribution >= 0.6 is 0 Å². The largest absolute Gasteiger partial charge is 0.459 e. The number of aromatic amines is 1. The zero-order valence-corrected chi connectivity index (χ0v) is 21.4. The van der Waals surface area contributed by atoms with Crippen molar-refractivity contribution in [2.75, 3.05) is 4.90 Å². The molecule has 2 aliphatic heterocycles. The molecule has 35 heavy (non-hydrogen) atoms. The Morgan fingerprint density at radius 2 is 1.77 bits per heavy atom. The number of carbonyl (C=O) groups is 2. The number of aryl methyl sites for hydroxylation is 2. The van der Waals surface area contributed by atoms with Crippen molar-refractivity contribution in [2.24, 2.45) is 0 Å². The Hall–Kier alpha value is -3.60. The first-order valence-electron chi connectivity index (χ1n) is 12.2. The maximum absolute atomic E-state index is 14.3.